The number of carboxylic acid groups (broad SMARTS) is 1. The molecule has 0 fully saturated rings. The summed E-state index contributed by atoms with van der Waals surface area (Å²) in [7, 11) is 0. The topological polar surface area (TPSA) is 46.5 Å². The molecule has 1 rings (SSSR count). The minimum absolute atomic E-state index is 0.277. The van der Waals surface area contributed by atoms with Gasteiger partial charge >= 0.3 is 5.97 Å². The van der Waals surface area contributed by atoms with Gasteiger partial charge in [-0.25, -0.2) is 4.79 Å². The van der Waals surface area contributed by atoms with Gasteiger partial charge in [-0.3, -0.25) is 0 Å². The number of rotatable bonds is 12. The number of unbranched alkanes of at least 4 members (excludes halogenated alkanes) is 7. The van der Waals surface area contributed by atoms with E-state index < -0.39 is 5.97 Å². The molecule has 0 aliphatic carbocycles. The summed E-state index contributed by atoms with van der Waals surface area (Å²) in [5.74, 6) is -0.422. The summed E-state index contributed by atoms with van der Waals surface area (Å²) < 4.78 is 5.66. The lowest BCUT2D eigenvalue weighted by Crippen LogP contribution is -2.05. The summed E-state index contributed by atoms with van der Waals surface area (Å²) in [5.41, 5.74) is 1.30. The normalized spacial score (nSPS) is 10.6. The average molecular weight is 306 g/mol. The Hall–Kier alpha value is -1.51. The average Bonchev–Trinajstić information content (AvgIpc) is 2.53. The zero-order valence-corrected chi connectivity index (χ0v) is 14.1. The Morgan fingerprint density at radius 1 is 1.00 bits per heavy atom. The summed E-state index contributed by atoms with van der Waals surface area (Å²) in [6.07, 6.45) is 10.8. The van der Waals surface area contributed by atoms with Crippen LogP contribution in [0.5, 0.6) is 5.75 Å². The van der Waals surface area contributed by atoms with E-state index in [1.54, 1.807) is 12.1 Å². The fourth-order valence-corrected chi connectivity index (χ4v) is 2.51. The lowest BCUT2D eigenvalue weighted by Gasteiger charge is -2.10. The van der Waals surface area contributed by atoms with E-state index in [1.807, 2.05) is 13.0 Å². The smallest absolute Gasteiger partial charge is 0.339 e. The van der Waals surface area contributed by atoms with Crippen molar-refractivity contribution in [3.05, 3.63) is 29.3 Å². The van der Waals surface area contributed by atoms with Crippen LogP contribution >= 0.6 is 0 Å². The Balaban J connectivity index is 2.26. The maximum Gasteiger partial charge on any atom is 0.339 e. The van der Waals surface area contributed by atoms with Crippen molar-refractivity contribution in [1.29, 1.82) is 0 Å². The molecule has 0 radical (unpaired) electrons. The number of hydrogen-bond donors (Lipinski definition) is 1. The highest BCUT2D eigenvalue weighted by Gasteiger charge is 2.11. The number of aryl methyl sites for hydroxylation is 1. The van der Waals surface area contributed by atoms with Crippen molar-refractivity contribution in [2.75, 3.05) is 6.61 Å². The summed E-state index contributed by atoms with van der Waals surface area (Å²) in [6.45, 7) is 4.85. The molecular weight excluding hydrogens is 276 g/mol. The van der Waals surface area contributed by atoms with Crippen LogP contribution in [0.3, 0.4) is 0 Å². The predicted octanol–water partition coefficient (Wildman–Crippen LogP) is 5.47. The van der Waals surface area contributed by atoms with E-state index in [4.69, 9.17) is 4.74 Å². The molecule has 22 heavy (non-hydrogen) atoms. The van der Waals surface area contributed by atoms with Gasteiger partial charge in [0.25, 0.3) is 0 Å². The highest BCUT2D eigenvalue weighted by Crippen LogP contribution is 2.21. The lowest BCUT2D eigenvalue weighted by molar-refractivity contribution is 0.0692. The first-order chi connectivity index (χ1) is 10.7. The van der Waals surface area contributed by atoms with E-state index in [-0.39, 0.29) is 5.56 Å². The Kier molecular flexibility index (Phi) is 9.36. The van der Waals surface area contributed by atoms with Crippen molar-refractivity contribution in [3.63, 3.8) is 0 Å². The largest absolute Gasteiger partial charge is 0.493 e. The fraction of sp³-hybridized carbons (Fsp3) is 0.632. The van der Waals surface area contributed by atoms with Crippen LogP contribution in [0.2, 0.25) is 0 Å². The van der Waals surface area contributed by atoms with Crippen LogP contribution in [0, 0.1) is 0 Å². The van der Waals surface area contributed by atoms with Crippen LogP contribution in [0.1, 0.15) is 81.1 Å². The van der Waals surface area contributed by atoms with E-state index in [0.29, 0.717) is 12.4 Å². The molecular formula is C19H30O3. The molecule has 0 aliphatic rings. The number of ether oxygens (including phenoxy) is 1. The van der Waals surface area contributed by atoms with Crippen molar-refractivity contribution in [3.8, 4) is 5.75 Å². The van der Waals surface area contributed by atoms with Crippen molar-refractivity contribution in [2.24, 2.45) is 0 Å². The monoisotopic (exact) mass is 306 g/mol. The van der Waals surface area contributed by atoms with Gasteiger partial charge in [-0.05, 0) is 30.5 Å². The SMILES string of the molecule is CCCCCCCCCCOc1ccc(CC)cc1C(=O)O. The molecule has 1 aromatic rings. The summed E-state index contributed by atoms with van der Waals surface area (Å²) in [6, 6.07) is 5.44. The van der Waals surface area contributed by atoms with Crippen molar-refractivity contribution >= 4 is 5.97 Å². The van der Waals surface area contributed by atoms with E-state index >= 15 is 0 Å². The molecule has 1 aromatic carbocycles. The predicted molar refractivity (Wildman–Crippen MR) is 90.9 cm³/mol. The molecule has 0 atom stereocenters. The molecule has 0 unspecified atom stereocenters. The van der Waals surface area contributed by atoms with Gasteiger partial charge in [-0.15, -0.1) is 0 Å². The Labute approximate surface area is 134 Å². The summed E-state index contributed by atoms with van der Waals surface area (Å²) in [4.78, 5) is 11.3. The summed E-state index contributed by atoms with van der Waals surface area (Å²) in [5, 5.41) is 9.25. The van der Waals surface area contributed by atoms with E-state index in [1.165, 1.54) is 38.5 Å². The molecule has 3 heteroatoms. The first-order valence-electron chi connectivity index (χ1n) is 8.68. The number of benzene rings is 1. The number of aromatic carboxylic acids is 1. The molecule has 0 saturated heterocycles. The molecule has 124 valence electrons. The zero-order chi connectivity index (χ0) is 16.2. The molecule has 0 aliphatic heterocycles. The number of carbonyl (C=O) groups is 1. The fourth-order valence-electron chi connectivity index (χ4n) is 2.51. The van der Waals surface area contributed by atoms with Gasteiger partial charge in [0.05, 0.1) is 6.61 Å². The van der Waals surface area contributed by atoms with Crippen molar-refractivity contribution in [2.45, 2.75) is 71.6 Å². The van der Waals surface area contributed by atoms with Crippen LogP contribution in [0.25, 0.3) is 0 Å². The molecule has 1 N–H and O–H groups in total. The molecule has 0 heterocycles. The van der Waals surface area contributed by atoms with Gasteiger partial charge in [0.2, 0.25) is 0 Å². The van der Waals surface area contributed by atoms with Crippen LogP contribution in [-0.2, 0) is 6.42 Å². The minimum atomic E-state index is -0.916. The van der Waals surface area contributed by atoms with Crippen LogP contribution < -0.4 is 4.74 Å². The first kappa shape index (κ1) is 18.5. The van der Waals surface area contributed by atoms with Gasteiger partial charge in [0.15, 0.2) is 0 Å². The second-order valence-corrected chi connectivity index (χ2v) is 5.81. The molecule has 0 amide bonds. The zero-order valence-electron chi connectivity index (χ0n) is 14.1. The van der Waals surface area contributed by atoms with E-state index in [9.17, 15) is 9.90 Å². The standard InChI is InChI=1S/C19H30O3/c1-3-5-6-7-8-9-10-11-14-22-18-13-12-16(4-2)15-17(18)19(20)21/h12-13,15H,3-11,14H2,1-2H3,(H,20,21). The molecule has 0 aromatic heterocycles. The van der Waals surface area contributed by atoms with Gasteiger partial charge in [-0.2, -0.15) is 0 Å². The first-order valence-corrected chi connectivity index (χ1v) is 8.68. The molecule has 0 spiro atoms. The highest BCUT2D eigenvalue weighted by atomic mass is 16.5. The van der Waals surface area contributed by atoms with Gasteiger partial charge in [-0.1, -0.05) is 64.9 Å². The Bertz CT molecular complexity index is 440. The van der Waals surface area contributed by atoms with Crippen molar-refractivity contribution in [1.82, 2.24) is 0 Å². The quantitative estimate of drug-likeness (QED) is 0.521. The van der Waals surface area contributed by atoms with E-state index in [2.05, 4.69) is 6.92 Å². The number of carboxylic acids is 1. The van der Waals surface area contributed by atoms with Crippen molar-refractivity contribution < 1.29 is 14.6 Å². The summed E-state index contributed by atoms with van der Waals surface area (Å²) >= 11 is 0. The van der Waals surface area contributed by atoms with Gasteiger partial charge in [0, 0.05) is 0 Å². The van der Waals surface area contributed by atoms with Crippen LogP contribution in [0.15, 0.2) is 18.2 Å². The van der Waals surface area contributed by atoms with Gasteiger partial charge < -0.3 is 9.84 Å². The second-order valence-electron chi connectivity index (χ2n) is 5.81. The maximum absolute atomic E-state index is 11.3. The third kappa shape index (κ3) is 6.97. The second kappa shape index (κ2) is 11.1. The molecule has 0 bridgehead atoms. The molecule has 3 nitrogen and oxygen atoms in total. The lowest BCUT2D eigenvalue weighted by atomic mass is 10.1. The van der Waals surface area contributed by atoms with Gasteiger partial charge in [0.1, 0.15) is 11.3 Å². The minimum Gasteiger partial charge on any atom is -0.493 e. The molecule has 0 saturated carbocycles. The Morgan fingerprint density at radius 3 is 2.23 bits per heavy atom. The maximum atomic E-state index is 11.3. The Morgan fingerprint density at radius 2 is 1.64 bits per heavy atom. The third-order valence-electron chi connectivity index (χ3n) is 3.94. The third-order valence-corrected chi connectivity index (χ3v) is 3.94. The number of hydrogen-bond acceptors (Lipinski definition) is 2. The van der Waals surface area contributed by atoms with Crippen LogP contribution in [0.4, 0.5) is 0 Å². The highest BCUT2D eigenvalue weighted by molar-refractivity contribution is 5.91. The van der Waals surface area contributed by atoms with Crippen LogP contribution in [-0.4, -0.2) is 17.7 Å². The van der Waals surface area contributed by atoms with E-state index in [0.717, 1.165) is 24.8 Å².